The van der Waals surface area contributed by atoms with E-state index in [1.165, 1.54) is 32.1 Å². The summed E-state index contributed by atoms with van der Waals surface area (Å²) in [5.41, 5.74) is 1.64. The maximum Gasteiger partial charge on any atom is -0.0145 e. The van der Waals surface area contributed by atoms with Crippen LogP contribution in [0.5, 0.6) is 0 Å². The highest BCUT2D eigenvalue weighted by Crippen LogP contribution is 2.36. The third kappa shape index (κ3) is 3.15. The molecular formula is C14H26. The fourth-order valence-corrected chi connectivity index (χ4v) is 2.50. The van der Waals surface area contributed by atoms with Gasteiger partial charge >= 0.3 is 0 Å². The number of allylic oxidation sites excluding steroid dienone is 2. The van der Waals surface area contributed by atoms with Gasteiger partial charge in [-0.3, -0.25) is 0 Å². The average Bonchev–Trinajstić information content (AvgIpc) is 2.17. The van der Waals surface area contributed by atoms with E-state index in [-0.39, 0.29) is 0 Å². The van der Waals surface area contributed by atoms with E-state index < -0.39 is 0 Å². The molecule has 0 amide bonds. The van der Waals surface area contributed by atoms with Crippen molar-refractivity contribution >= 4 is 0 Å². The second-order valence-corrected chi connectivity index (χ2v) is 5.17. The van der Waals surface area contributed by atoms with E-state index in [1.807, 2.05) is 0 Å². The summed E-state index contributed by atoms with van der Waals surface area (Å²) in [5, 5.41) is 0. The lowest BCUT2D eigenvalue weighted by Gasteiger charge is -2.32. The topological polar surface area (TPSA) is 0 Å². The van der Waals surface area contributed by atoms with Gasteiger partial charge in [-0.05, 0) is 31.1 Å². The minimum Gasteiger partial charge on any atom is -0.0819 e. The summed E-state index contributed by atoms with van der Waals surface area (Å²) in [6.07, 6.45) is 9.49. The van der Waals surface area contributed by atoms with Crippen LogP contribution in [-0.2, 0) is 0 Å². The van der Waals surface area contributed by atoms with Crippen molar-refractivity contribution in [2.24, 2.45) is 17.8 Å². The monoisotopic (exact) mass is 194 g/mol. The van der Waals surface area contributed by atoms with Crippen molar-refractivity contribution in [3.63, 3.8) is 0 Å². The van der Waals surface area contributed by atoms with Crippen LogP contribution in [0.2, 0.25) is 0 Å². The third-order valence-corrected chi connectivity index (χ3v) is 3.90. The molecule has 0 N–H and O–H groups in total. The Labute approximate surface area is 89.8 Å². The zero-order chi connectivity index (χ0) is 10.6. The van der Waals surface area contributed by atoms with E-state index in [1.54, 1.807) is 5.57 Å². The highest BCUT2D eigenvalue weighted by molar-refractivity contribution is 5.18. The summed E-state index contributed by atoms with van der Waals surface area (Å²) < 4.78 is 0. The highest BCUT2D eigenvalue weighted by Gasteiger charge is 2.24. The first-order valence-corrected chi connectivity index (χ1v) is 6.33. The molecule has 0 radical (unpaired) electrons. The van der Waals surface area contributed by atoms with Gasteiger partial charge in [0.2, 0.25) is 0 Å². The standard InChI is InChI=1S/C14H26/c1-5-11(2)8-6-7-9-14-12(3)10-13(14)4/h10-12,14H,5-9H2,1-4H3. The fourth-order valence-electron chi connectivity index (χ4n) is 2.50. The molecule has 0 aromatic rings. The lowest BCUT2D eigenvalue weighted by Crippen LogP contribution is -2.20. The van der Waals surface area contributed by atoms with Gasteiger partial charge in [-0.1, -0.05) is 58.1 Å². The predicted octanol–water partition coefficient (Wildman–Crippen LogP) is 4.81. The third-order valence-electron chi connectivity index (χ3n) is 3.90. The molecule has 1 rings (SSSR count). The SMILES string of the molecule is CCC(C)CCCCC1C(C)=CC1C. The molecule has 0 nitrogen and oxygen atoms in total. The fraction of sp³-hybridized carbons (Fsp3) is 0.857. The summed E-state index contributed by atoms with van der Waals surface area (Å²) >= 11 is 0. The molecule has 0 heteroatoms. The molecule has 0 saturated heterocycles. The van der Waals surface area contributed by atoms with Crippen molar-refractivity contribution in [1.29, 1.82) is 0 Å². The van der Waals surface area contributed by atoms with Crippen LogP contribution in [0, 0.1) is 17.8 Å². The minimum absolute atomic E-state index is 0.860. The van der Waals surface area contributed by atoms with Gasteiger partial charge < -0.3 is 0 Å². The number of hydrogen-bond donors (Lipinski definition) is 0. The van der Waals surface area contributed by atoms with E-state index in [0.717, 1.165) is 17.8 Å². The van der Waals surface area contributed by atoms with Gasteiger partial charge in [-0.15, -0.1) is 0 Å². The zero-order valence-electron chi connectivity index (χ0n) is 10.3. The van der Waals surface area contributed by atoms with E-state index >= 15 is 0 Å². The lowest BCUT2D eigenvalue weighted by molar-refractivity contribution is 0.370. The first-order chi connectivity index (χ1) is 6.65. The maximum atomic E-state index is 2.42. The second-order valence-electron chi connectivity index (χ2n) is 5.17. The molecule has 0 fully saturated rings. The smallest absolute Gasteiger partial charge is 0.0145 e. The Morgan fingerprint density at radius 1 is 1.36 bits per heavy atom. The Bertz CT molecular complexity index is 190. The number of hydrogen-bond acceptors (Lipinski definition) is 0. The maximum absolute atomic E-state index is 2.42. The average molecular weight is 194 g/mol. The first kappa shape index (κ1) is 11.8. The van der Waals surface area contributed by atoms with E-state index in [2.05, 4.69) is 33.8 Å². The molecule has 82 valence electrons. The normalized spacial score (nSPS) is 28.1. The predicted molar refractivity (Wildman–Crippen MR) is 64.3 cm³/mol. The second kappa shape index (κ2) is 5.58. The molecule has 14 heavy (non-hydrogen) atoms. The largest absolute Gasteiger partial charge is 0.0819 e. The van der Waals surface area contributed by atoms with Crippen LogP contribution < -0.4 is 0 Å². The van der Waals surface area contributed by atoms with Crippen molar-refractivity contribution in [2.45, 2.75) is 59.8 Å². The molecule has 3 atom stereocenters. The molecule has 1 aliphatic rings. The van der Waals surface area contributed by atoms with E-state index in [4.69, 9.17) is 0 Å². The van der Waals surface area contributed by atoms with Crippen LogP contribution in [0.25, 0.3) is 0 Å². The molecule has 0 bridgehead atoms. The number of rotatable bonds is 6. The number of unbranched alkanes of at least 4 members (excludes halogenated alkanes) is 1. The van der Waals surface area contributed by atoms with Crippen LogP contribution in [0.4, 0.5) is 0 Å². The summed E-state index contributed by atoms with van der Waals surface area (Å²) in [4.78, 5) is 0. The molecule has 0 heterocycles. The van der Waals surface area contributed by atoms with Crippen LogP contribution in [0.3, 0.4) is 0 Å². The van der Waals surface area contributed by atoms with Gasteiger partial charge in [-0.2, -0.15) is 0 Å². The Morgan fingerprint density at radius 2 is 2.07 bits per heavy atom. The van der Waals surface area contributed by atoms with Crippen LogP contribution in [-0.4, -0.2) is 0 Å². The Morgan fingerprint density at radius 3 is 2.57 bits per heavy atom. The molecule has 0 saturated carbocycles. The Kier molecular flexibility index (Phi) is 4.71. The van der Waals surface area contributed by atoms with E-state index in [9.17, 15) is 0 Å². The van der Waals surface area contributed by atoms with Crippen molar-refractivity contribution in [3.8, 4) is 0 Å². The molecule has 0 aromatic heterocycles. The Hall–Kier alpha value is -0.260. The van der Waals surface area contributed by atoms with Crippen molar-refractivity contribution < 1.29 is 0 Å². The first-order valence-electron chi connectivity index (χ1n) is 6.33. The van der Waals surface area contributed by atoms with Gasteiger partial charge in [0.1, 0.15) is 0 Å². The minimum atomic E-state index is 0.860. The summed E-state index contributed by atoms with van der Waals surface area (Å²) in [6, 6.07) is 0. The summed E-state index contributed by atoms with van der Waals surface area (Å²) in [6.45, 7) is 9.31. The van der Waals surface area contributed by atoms with Crippen molar-refractivity contribution in [1.82, 2.24) is 0 Å². The summed E-state index contributed by atoms with van der Waals surface area (Å²) in [7, 11) is 0. The van der Waals surface area contributed by atoms with E-state index in [0.29, 0.717) is 0 Å². The molecule has 0 aromatic carbocycles. The molecule has 0 aliphatic heterocycles. The Balaban J connectivity index is 2.02. The summed E-state index contributed by atoms with van der Waals surface area (Å²) in [5.74, 6) is 2.72. The highest BCUT2D eigenvalue weighted by atomic mass is 14.3. The quantitative estimate of drug-likeness (QED) is 0.420. The molecule has 3 unspecified atom stereocenters. The van der Waals surface area contributed by atoms with Gasteiger partial charge in [0, 0.05) is 0 Å². The van der Waals surface area contributed by atoms with Gasteiger partial charge in [0.15, 0.2) is 0 Å². The van der Waals surface area contributed by atoms with Gasteiger partial charge in [0.25, 0.3) is 0 Å². The van der Waals surface area contributed by atoms with Crippen molar-refractivity contribution in [3.05, 3.63) is 11.6 Å². The lowest BCUT2D eigenvalue weighted by atomic mass is 9.74. The van der Waals surface area contributed by atoms with Crippen LogP contribution in [0.15, 0.2) is 11.6 Å². The molecule has 1 aliphatic carbocycles. The molecular weight excluding hydrogens is 168 g/mol. The van der Waals surface area contributed by atoms with Crippen molar-refractivity contribution in [2.75, 3.05) is 0 Å². The van der Waals surface area contributed by atoms with Crippen LogP contribution >= 0.6 is 0 Å². The van der Waals surface area contributed by atoms with Gasteiger partial charge in [-0.25, -0.2) is 0 Å². The van der Waals surface area contributed by atoms with Crippen LogP contribution in [0.1, 0.15) is 59.8 Å². The van der Waals surface area contributed by atoms with Gasteiger partial charge in [0.05, 0.1) is 0 Å². The zero-order valence-corrected chi connectivity index (χ0v) is 10.3. The molecule has 0 spiro atoms.